The summed E-state index contributed by atoms with van der Waals surface area (Å²) in [6.45, 7) is 0.509. The number of carbonyl (C=O) groups is 2. The first-order chi connectivity index (χ1) is 13.4. The van der Waals surface area contributed by atoms with Crippen LogP contribution in [0.2, 0.25) is 0 Å². The third kappa shape index (κ3) is 4.83. The van der Waals surface area contributed by atoms with Crippen LogP contribution in [0.1, 0.15) is 16.1 Å². The second-order valence-electron chi connectivity index (χ2n) is 6.64. The molecule has 7 heteroatoms. The summed E-state index contributed by atoms with van der Waals surface area (Å²) < 4.78 is 5.53. The van der Waals surface area contributed by atoms with Crippen LogP contribution >= 0.6 is 0 Å². The normalized spacial score (nSPS) is 10.8. The number of anilines is 1. The SMILES string of the molecule is CN(C)CC(=O)Nc1cccc(CNC(=O)c2cc(=O)c3ccccc3o2)c1. The molecular weight excluding hydrogens is 358 g/mol. The van der Waals surface area contributed by atoms with E-state index in [1.54, 1.807) is 47.4 Å². The van der Waals surface area contributed by atoms with Gasteiger partial charge in [0.25, 0.3) is 5.91 Å². The Kier molecular flexibility index (Phi) is 5.86. The fourth-order valence-corrected chi connectivity index (χ4v) is 2.73. The van der Waals surface area contributed by atoms with E-state index >= 15 is 0 Å². The molecule has 0 atom stereocenters. The molecule has 0 unspecified atom stereocenters. The van der Waals surface area contributed by atoms with Crippen molar-refractivity contribution in [2.24, 2.45) is 0 Å². The summed E-state index contributed by atoms with van der Waals surface area (Å²) in [5.74, 6) is -0.645. The smallest absolute Gasteiger partial charge is 0.287 e. The molecule has 0 saturated carbocycles. The maximum absolute atomic E-state index is 12.4. The standard InChI is InChI=1S/C21H21N3O4/c1-24(2)13-20(26)23-15-7-5-6-14(10-15)12-22-21(27)19-11-17(25)16-8-3-4-9-18(16)28-19/h3-11H,12-13H2,1-2H3,(H,22,27)(H,23,26). The predicted octanol–water partition coefficient (Wildman–Crippen LogP) is 2.22. The zero-order chi connectivity index (χ0) is 20.1. The quantitative estimate of drug-likeness (QED) is 0.685. The van der Waals surface area contributed by atoms with E-state index in [1.807, 2.05) is 20.2 Å². The van der Waals surface area contributed by atoms with Crippen molar-refractivity contribution in [3.63, 3.8) is 0 Å². The van der Waals surface area contributed by atoms with Gasteiger partial charge in [-0.3, -0.25) is 14.4 Å². The van der Waals surface area contributed by atoms with Crippen LogP contribution in [-0.2, 0) is 11.3 Å². The molecule has 0 saturated heterocycles. The van der Waals surface area contributed by atoms with Gasteiger partial charge in [0.2, 0.25) is 5.91 Å². The molecule has 0 aliphatic rings. The molecular formula is C21H21N3O4. The van der Waals surface area contributed by atoms with Crippen molar-refractivity contribution in [2.45, 2.75) is 6.54 Å². The number of nitrogens with zero attached hydrogens (tertiary/aromatic N) is 1. The molecule has 2 N–H and O–H groups in total. The second-order valence-corrected chi connectivity index (χ2v) is 6.64. The van der Waals surface area contributed by atoms with Gasteiger partial charge in [-0.25, -0.2) is 0 Å². The highest BCUT2D eigenvalue weighted by Gasteiger charge is 2.12. The van der Waals surface area contributed by atoms with E-state index in [1.165, 1.54) is 6.07 Å². The number of fused-ring (bicyclic) bond motifs is 1. The van der Waals surface area contributed by atoms with Crippen molar-refractivity contribution in [1.82, 2.24) is 10.2 Å². The zero-order valence-corrected chi connectivity index (χ0v) is 15.7. The zero-order valence-electron chi connectivity index (χ0n) is 15.7. The van der Waals surface area contributed by atoms with Gasteiger partial charge in [-0.2, -0.15) is 0 Å². The van der Waals surface area contributed by atoms with E-state index in [0.717, 1.165) is 5.56 Å². The average molecular weight is 379 g/mol. The minimum atomic E-state index is -0.482. The monoisotopic (exact) mass is 379 g/mol. The molecule has 2 amide bonds. The number of nitrogens with one attached hydrogen (secondary N) is 2. The highest BCUT2D eigenvalue weighted by atomic mass is 16.3. The first-order valence-corrected chi connectivity index (χ1v) is 8.77. The van der Waals surface area contributed by atoms with Crippen molar-refractivity contribution in [3.8, 4) is 0 Å². The first kappa shape index (κ1) is 19.3. The number of rotatable bonds is 6. The second kappa shape index (κ2) is 8.49. The largest absolute Gasteiger partial charge is 0.451 e. The van der Waals surface area contributed by atoms with Crippen molar-refractivity contribution in [3.05, 3.63) is 76.1 Å². The number of hydrogen-bond donors (Lipinski definition) is 2. The topological polar surface area (TPSA) is 91.7 Å². The van der Waals surface area contributed by atoms with E-state index in [4.69, 9.17) is 4.42 Å². The van der Waals surface area contributed by atoms with E-state index in [0.29, 0.717) is 16.7 Å². The molecule has 1 aromatic heterocycles. The molecule has 0 aliphatic heterocycles. The number of carbonyl (C=O) groups excluding carboxylic acids is 2. The molecule has 0 radical (unpaired) electrons. The highest BCUT2D eigenvalue weighted by Crippen LogP contribution is 2.13. The van der Waals surface area contributed by atoms with Gasteiger partial charge in [-0.1, -0.05) is 24.3 Å². The van der Waals surface area contributed by atoms with Gasteiger partial charge in [-0.05, 0) is 43.9 Å². The van der Waals surface area contributed by atoms with E-state index in [9.17, 15) is 14.4 Å². The van der Waals surface area contributed by atoms with Crippen LogP contribution in [0.4, 0.5) is 5.69 Å². The molecule has 3 rings (SSSR count). The summed E-state index contributed by atoms with van der Waals surface area (Å²) in [6.07, 6.45) is 0. The molecule has 144 valence electrons. The summed E-state index contributed by atoms with van der Waals surface area (Å²) in [7, 11) is 3.63. The average Bonchev–Trinajstić information content (AvgIpc) is 2.65. The Bertz CT molecular complexity index is 1070. The molecule has 0 aliphatic carbocycles. The Morgan fingerprint density at radius 3 is 2.61 bits per heavy atom. The molecule has 0 spiro atoms. The van der Waals surface area contributed by atoms with Gasteiger partial charge in [0.15, 0.2) is 11.2 Å². The number of para-hydroxylation sites is 1. The van der Waals surface area contributed by atoms with E-state index in [2.05, 4.69) is 10.6 Å². The van der Waals surface area contributed by atoms with Crippen LogP contribution in [0.5, 0.6) is 0 Å². The van der Waals surface area contributed by atoms with Gasteiger partial charge in [0.1, 0.15) is 5.58 Å². The number of likely N-dealkylation sites (N-methyl/N-ethyl adjacent to an activating group) is 1. The number of hydrogen-bond acceptors (Lipinski definition) is 5. The third-order valence-electron chi connectivity index (χ3n) is 3.98. The van der Waals surface area contributed by atoms with Crippen molar-refractivity contribution in [1.29, 1.82) is 0 Å². The summed E-state index contributed by atoms with van der Waals surface area (Å²) >= 11 is 0. The third-order valence-corrected chi connectivity index (χ3v) is 3.98. The lowest BCUT2D eigenvalue weighted by molar-refractivity contribution is -0.116. The molecule has 7 nitrogen and oxygen atoms in total. The Balaban J connectivity index is 1.67. The lowest BCUT2D eigenvalue weighted by Crippen LogP contribution is -2.27. The van der Waals surface area contributed by atoms with Crippen LogP contribution in [-0.4, -0.2) is 37.4 Å². The molecule has 0 fully saturated rings. The van der Waals surface area contributed by atoms with Gasteiger partial charge < -0.3 is 20.0 Å². The minimum Gasteiger partial charge on any atom is -0.451 e. The molecule has 0 bridgehead atoms. The molecule has 28 heavy (non-hydrogen) atoms. The number of amides is 2. The maximum atomic E-state index is 12.4. The van der Waals surface area contributed by atoms with Crippen LogP contribution < -0.4 is 16.1 Å². The fourth-order valence-electron chi connectivity index (χ4n) is 2.73. The number of benzene rings is 2. The maximum Gasteiger partial charge on any atom is 0.287 e. The summed E-state index contributed by atoms with van der Waals surface area (Å²) in [6, 6.07) is 15.2. The Morgan fingerprint density at radius 1 is 1.04 bits per heavy atom. The Labute approximate surface area is 162 Å². The van der Waals surface area contributed by atoms with Crippen LogP contribution in [0.15, 0.2) is 63.8 Å². The minimum absolute atomic E-state index is 0.0425. The van der Waals surface area contributed by atoms with Crippen molar-refractivity contribution in [2.75, 3.05) is 26.0 Å². The van der Waals surface area contributed by atoms with Gasteiger partial charge >= 0.3 is 0 Å². The summed E-state index contributed by atoms with van der Waals surface area (Å²) in [5.41, 5.74) is 1.55. The van der Waals surface area contributed by atoms with Gasteiger partial charge in [0.05, 0.1) is 11.9 Å². The van der Waals surface area contributed by atoms with Crippen molar-refractivity contribution < 1.29 is 14.0 Å². The Hall–Kier alpha value is -3.45. The van der Waals surface area contributed by atoms with Crippen LogP contribution in [0.25, 0.3) is 11.0 Å². The van der Waals surface area contributed by atoms with Gasteiger partial charge in [-0.15, -0.1) is 0 Å². The first-order valence-electron chi connectivity index (χ1n) is 8.77. The highest BCUT2D eigenvalue weighted by molar-refractivity contribution is 5.93. The molecule has 3 aromatic rings. The van der Waals surface area contributed by atoms with E-state index in [-0.39, 0.29) is 30.2 Å². The van der Waals surface area contributed by atoms with Gasteiger partial charge in [0, 0.05) is 18.3 Å². The lowest BCUT2D eigenvalue weighted by Gasteiger charge is -2.11. The molecule has 1 heterocycles. The molecule has 2 aromatic carbocycles. The lowest BCUT2D eigenvalue weighted by atomic mass is 10.2. The van der Waals surface area contributed by atoms with Crippen molar-refractivity contribution >= 4 is 28.5 Å². The summed E-state index contributed by atoms with van der Waals surface area (Å²) in [4.78, 5) is 38.1. The summed E-state index contributed by atoms with van der Waals surface area (Å²) in [5, 5.41) is 5.97. The van der Waals surface area contributed by atoms with E-state index < -0.39 is 5.91 Å². The van der Waals surface area contributed by atoms with Crippen LogP contribution in [0, 0.1) is 0 Å². The fraction of sp³-hybridized carbons (Fsp3) is 0.190. The van der Waals surface area contributed by atoms with Crippen LogP contribution in [0.3, 0.4) is 0 Å². The predicted molar refractivity (Wildman–Crippen MR) is 107 cm³/mol. The Morgan fingerprint density at radius 2 is 1.82 bits per heavy atom.